The summed E-state index contributed by atoms with van der Waals surface area (Å²) in [5, 5.41) is -0.0210. The summed E-state index contributed by atoms with van der Waals surface area (Å²) < 4.78 is 28.2. The van der Waals surface area contributed by atoms with Crippen LogP contribution < -0.4 is 0 Å². The third-order valence-electron chi connectivity index (χ3n) is 4.60. The van der Waals surface area contributed by atoms with Gasteiger partial charge in [-0.25, -0.2) is 13.4 Å². The molecule has 2 aromatic heterocycles. The normalized spacial score (nSPS) is 13.0. The predicted molar refractivity (Wildman–Crippen MR) is 110 cm³/mol. The van der Waals surface area contributed by atoms with Crippen LogP contribution in [0.25, 0.3) is 11.0 Å². The van der Waals surface area contributed by atoms with E-state index in [0.29, 0.717) is 21.7 Å². The molecule has 1 N–H and O–H groups in total. The van der Waals surface area contributed by atoms with Gasteiger partial charge in [0.15, 0.2) is 9.84 Å². The third-order valence-corrected chi connectivity index (χ3v) is 7.20. The fourth-order valence-electron chi connectivity index (χ4n) is 3.22. The molecule has 4 rings (SSSR count). The molecule has 1 atom stereocenters. The van der Waals surface area contributed by atoms with Crippen LogP contribution in [0.15, 0.2) is 82.4 Å². The minimum atomic E-state index is -3.66. The first-order valence-electron chi connectivity index (χ1n) is 8.45. The summed E-state index contributed by atoms with van der Waals surface area (Å²) in [5.41, 5.74) is 3.10. The minimum absolute atomic E-state index is 0.305. The molecule has 4 nitrogen and oxygen atoms in total. The van der Waals surface area contributed by atoms with Crippen molar-refractivity contribution in [1.29, 1.82) is 0 Å². The molecule has 2 heterocycles. The van der Waals surface area contributed by atoms with Crippen molar-refractivity contribution in [3.8, 4) is 0 Å². The molecule has 0 fully saturated rings. The van der Waals surface area contributed by atoms with Crippen molar-refractivity contribution >= 4 is 36.8 Å². The van der Waals surface area contributed by atoms with Gasteiger partial charge in [-0.3, -0.25) is 0 Å². The first-order chi connectivity index (χ1) is 13.0. The Balaban J connectivity index is 1.96. The topological polar surface area (TPSA) is 62.8 Å². The Morgan fingerprint density at radius 2 is 1.70 bits per heavy atom. The van der Waals surface area contributed by atoms with Gasteiger partial charge in [-0.15, -0.1) is 0 Å². The molecular formula is C21H17BrN2O2S. The second-order valence-electron chi connectivity index (χ2n) is 6.43. The Kier molecular flexibility index (Phi) is 4.61. The third kappa shape index (κ3) is 3.31. The average Bonchev–Trinajstić information content (AvgIpc) is 3.08. The van der Waals surface area contributed by atoms with Crippen molar-refractivity contribution in [3.63, 3.8) is 0 Å². The van der Waals surface area contributed by atoms with E-state index in [2.05, 4.69) is 25.9 Å². The van der Waals surface area contributed by atoms with E-state index in [9.17, 15) is 8.42 Å². The highest BCUT2D eigenvalue weighted by molar-refractivity contribution is 9.10. The predicted octanol–water partition coefficient (Wildman–Crippen LogP) is 5.20. The first-order valence-corrected chi connectivity index (χ1v) is 10.8. The van der Waals surface area contributed by atoms with E-state index in [1.807, 2.05) is 55.5 Å². The number of hydrogen-bond donors (Lipinski definition) is 1. The van der Waals surface area contributed by atoms with Gasteiger partial charge >= 0.3 is 0 Å². The number of fused-ring (bicyclic) bond motifs is 1. The van der Waals surface area contributed by atoms with Crippen molar-refractivity contribution in [2.24, 2.45) is 0 Å². The molecule has 0 aliphatic carbocycles. The van der Waals surface area contributed by atoms with E-state index < -0.39 is 15.1 Å². The van der Waals surface area contributed by atoms with E-state index in [0.717, 1.165) is 15.4 Å². The molecule has 136 valence electrons. The SMILES string of the molecule is Cc1ccc(S(=O)(=O)C(c2ccc(Br)cc2)c2c[nH]c3ncccc23)cc1. The second kappa shape index (κ2) is 6.94. The molecule has 6 heteroatoms. The van der Waals surface area contributed by atoms with Crippen molar-refractivity contribution < 1.29 is 8.42 Å². The van der Waals surface area contributed by atoms with Gasteiger partial charge in [0.05, 0.1) is 4.90 Å². The smallest absolute Gasteiger partial charge is 0.189 e. The van der Waals surface area contributed by atoms with Crippen LogP contribution in [0.3, 0.4) is 0 Å². The number of hydrogen-bond acceptors (Lipinski definition) is 3. The molecule has 0 spiro atoms. The maximum Gasteiger partial charge on any atom is 0.189 e. The minimum Gasteiger partial charge on any atom is -0.346 e. The van der Waals surface area contributed by atoms with Gasteiger partial charge < -0.3 is 4.98 Å². The summed E-state index contributed by atoms with van der Waals surface area (Å²) in [7, 11) is -3.66. The number of nitrogens with one attached hydrogen (secondary N) is 1. The Morgan fingerprint density at radius 1 is 1.00 bits per heavy atom. The number of nitrogens with zero attached hydrogens (tertiary/aromatic N) is 1. The van der Waals surface area contributed by atoms with E-state index in [1.54, 1.807) is 24.5 Å². The Bertz CT molecular complexity index is 1200. The Hall–Kier alpha value is -2.44. The summed E-state index contributed by atoms with van der Waals surface area (Å²) in [5.74, 6) is 0. The van der Waals surface area contributed by atoms with Crippen LogP contribution >= 0.6 is 15.9 Å². The van der Waals surface area contributed by atoms with E-state index in [1.165, 1.54) is 0 Å². The van der Waals surface area contributed by atoms with Gasteiger partial charge in [-0.1, -0.05) is 45.8 Å². The van der Waals surface area contributed by atoms with Gasteiger partial charge in [-0.05, 0) is 48.9 Å². The monoisotopic (exact) mass is 440 g/mol. The number of sulfone groups is 1. The van der Waals surface area contributed by atoms with Crippen molar-refractivity contribution in [2.45, 2.75) is 17.1 Å². The lowest BCUT2D eigenvalue weighted by atomic mass is 10.0. The van der Waals surface area contributed by atoms with Gasteiger partial charge in [0, 0.05) is 27.8 Å². The summed E-state index contributed by atoms with van der Waals surface area (Å²) in [4.78, 5) is 7.70. The zero-order chi connectivity index (χ0) is 19.0. The van der Waals surface area contributed by atoms with Crippen LogP contribution in [0.2, 0.25) is 0 Å². The molecule has 0 bridgehead atoms. The van der Waals surface area contributed by atoms with E-state index >= 15 is 0 Å². The van der Waals surface area contributed by atoms with Crippen LogP contribution in [0.1, 0.15) is 21.9 Å². The summed E-state index contributed by atoms with van der Waals surface area (Å²) in [6, 6.07) is 18.1. The summed E-state index contributed by atoms with van der Waals surface area (Å²) in [6.45, 7) is 1.94. The zero-order valence-electron chi connectivity index (χ0n) is 14.6. The maximum atomic E-state index is 13.6. The lowest BCUT2D eigenvalue weighted by Gasteiger charge is -2.18. The number of aryl methyl sites for hydroxylation is 1. The van der Waals surface area contributed by atoms with Gasteiger partial charge in [-0.2, -0.15) is 0 Å². The fraction of sp³-hybridized carbons (Fsp3) is 0.0952. The lowest BCUT2D eigenvalue weighted by molar-refractivity contribution is 0.589. The van der Waals surface area contributed by atoms with Crippen LogP contribution in [0, 0.1) is 6.92 Å². The Morgan fingerprint density at radius 3 is 2.41 bits per heavy atom. The molecule has 0 saturated carbocycles. The standard InChI is InChI=1S/C21H17BrN2O2S/c1-14-4-10-17(11-5-14)27(25,26)20(15-6-8-16(22)9-7-15)19-13-24-21-18(19)3-2-12-23-21/h2-13,20H,1H3,(H,23,24). The van der Waals surface area contributed by atoms with Crippen LogP contribution in [-0.4, -0.2) is 18.4 Å². The number of rotatable bonds is 4. The summed E-state index contributed by atoms with van der Waals surface area (Å²) >= 11 is 3.42. The largest absolute Gasteiger partial charge is 0.346 e. The maximum absolute atomic E-state index is 13.6. The lowest BCUT2D eigenvalue weighted by Crippen LogP contribution is -2.15. The highest BCUT2D eigenvalue weighted by Crippen LogP contribution is 2.38. The van der Waals surface area contributed by atoms with Gasteiger partial charge in [0.25, 0.3) is 0 Å². The molecule has 0 aliphatic heterocycles. The number of aromatic amines is 1. The quantitative estimate of drug-likeness (QED) is 0.474. The molecule has 27 heavy (non-hydrogen) atoms. The number of benzene rings is 2. The molecule has 0 radical (unpaired) electrons. The number of pyridine rings is 1. The Labute approximate surface area is 166 Å². The van der Waals surface area contributed by atoms with E-state index in [-0.39, 0.29) is 0 Å². The molecular weight excluding hydrogens is 424 g/mol. The van der Waals surface area contributed by atoms with Crippen LogP contribution in [-0.2, 0) is 9.84 Å². The molecule has 2 aromatic carbocycles. The molecule has 0 amide bonds. The average molecular weight is 441 g/mol. The van der Waals surface area contributed by atoms with Crippen molar-refractivity contribution in [1.82, 2.24) is 9.97 Å². The number of aromatic nitrogens is 2. The van der Waals surface area contributed by atoms with Crippen molar-refractivity contribution in [3.05, 3.63) is 94.2 Å². The van der Waals surface area contributed by atoms with Crippen molar-refractivity contribution in [2.75, 3.05) is 0 Å². The highest BCUT2D eigenvalue weighted by atomic mass is 79.9. The summed E-state index contributed by atoms with van der Waals surface area (Å²) in [6.07, 6.45) is 3.43. The molecule has 4 aromatic rings. The molecule has 0 aliphatic rings. The van der Waals surface area contributed by atoms with Crippen LogP contribution in [0.4, 0.5) is 0 Å². The highest BCUT2D eigenvalue weighted by Gasteiger charge is 2.32. The fourth-order valence-corrected chi connectivity index (χ4v) is 5.32. The second-order valence-corrected chi connectivity index (χ2v) is 9.38. The van der Waals surface area contributed by atoms with Gasteiger partial charge in [0.1, 0.15) is 10.9 Å². The number of H-pyrrole nitrogens is 1. The van der Waals surface area contributed by atoms with Gasteiger partial charge in [0.2, 0.25) is 0 Å². The van der Waals surface area contributed by atoms with E-state index in [4.69, 9.17) is 0 Å². The molecule has 0 saturated heterocycles. The zero-order valence-corrected chi connectivity index (χ0v) is 17.0. The first kappa shape index (κ1) is 17.9. The molecule has 1 unspecified atom stereocenters. The number of halogens is 1. The van der Waals surface area contributed by atoms with Crippen LogP contribution in [0.5, 0.6) is 0 Å².